The van der Waals surface area contributed by atoms with Gasteiger partial charge in [0.1, 0.15) is 11.4 Å². The fraction of sp³-hybridized carbons (Fsp3) is 0. The zero-order valence-electron chi connectivity index (χ0n) is 19.4. The van der Waals surface area contributed by atoms with Gasteiger partial charge in [-0.2, -0.15) is 10.2 Å². The Morgan fingerprint density at radius 1 is 0.472 bits per heavy atom. The monoisotopic (exact) mass is 466 g/mol. The molecule has 0 atom stereocenters. The number of ketones is 1. The van der Waals surface area contributed by atoms with Gasteiger partial charge in [0.05, 0.1) is 22.8 Å². The van der Waals surface area contributed by atoms with Crippen LogP contribution in [0.15, 0.2) is 133 Å². The third kappa shape index (κ3) is 4.03. The fourth-order valence-electron chi connectivity index (χ4n) is 4.28. The van der Waals surface area contributed by atoms with Gasteiger partial charge < -0.3 is 0 Å². The highest BCUT2D eigenvalue weighted by Crippen LogP contribution is 2.28. The Morgan fingerprint density at radius 3 is 1.17 bits per heavy atom. The Labute approximate surface area is 208 Å². The summed E-state index contributed by atoms with van der Waals surface area (Å²) in [4.78, 5) is 13.8. The minimum Gasteiger partial charge on any atom is -0.285 e. The van der Waals surface area contributed by atoms with E-state index < -0.39 is 0 Å². The second-order valence-electron chi connectivity index (χ2n) is 8.39. The molecule has 0 aliphatic heterocycles. The Hall–Kier alpha value is -5.03. The molecular formula is C31H22N4O. The number of carbonyl (C=O) groups is 1. The highest BCUT2D eigenvalue weighted by molar-refractivity contribution is 6.07. The quantitative estimate of drug-likeness (QED) is 0.259. The molecule has 0 aliphatic carbocycles. The number of hydrogen-bond donors (Lipinski definition) is 0. The summed E-state index contributed by atoms with van der Waals surface area (Å²) in [6.07, 6.45) is 0. The summed E-state index contributed by atoms with van der Waals surface area (Å²) in [5.74, 6) is -0.228. The number of benzene rings is 4. The van der Waals surface area contributed by atoms with E-state index in [-0.39, 0.29) is 5.78 Å². The normalized spacial score (nSPS) is 10.9. The van der Waals surface area contributed by atoms with Crippen LogP contribution in [0.3, 0.4) is 0 Å². The van der Waals surface area contributed by atoms with Gasteiger partial charge in [0, 0.05) is 11.1 Å². The molecule has 0 radical (unpaired) electrons. The Morgan fingerprint density at radius 2 is 0.806 bits per heavy atom. The van der Waals surface area contributed by atoms with E-state index in [0.29, 0.717) is 11.4 Å². The topological polar surface area (TPSA) is 52.7 Å². The summed E-state index contributed by atoms with van der Waals surface area (Å²) in [5.41, 5.74) is 6.10. The van der Waals surface area contributed by atoms with Crippen molar-refractivity contribution in [1.82, 2.24) is 19.6 Å². The molecule has 6 aromatic rings. The molecule has 0 bridgehead atoms. The van der Waals surface area contributed by atoms with E-state index >= 15 is 0 Å². The smallest absolute Gasteiger partial charge is 0.233 e. The third-order valence-electron chi connectivity index (χ3n) is 6.02. The van der Waals surface area contributed by atoms with Crippen LogP contribution in [0.4, 0.5) is 0 Å². The maximum absolute atomic E-state index is 13.8. The van der Waals surface area contributed by atoms with Crippen molar-refractivity contribution >= 4 is 5.78 Å². The molecule has 0 aliphatic rings. The molecular weight excluding hydrogens is 444 g/mol. The molecule has 36 heavy (non-hydrogen) atoms. The van der Waals surface area contributed by atoms with Crippen LogP contribution in [0.5, 0.6) is 0 Å². The first-order chi connectivity index (χ1) is 17.8. The number of rotatable bonds is 6. The zero-order chi connectivity index (χ0) is 24.3. The average Bonchev–Trinajstić information content (AvgIpc) is 3.61. The zero-order valence-corrected chi connectivity index (χ0v) is 19.4. The van der Waals surface area contributed by atoms with Crippen molar-refractivity contribution < 1.29 is 4.79 Å². The van der Waals surface area contributed by atoms with E-state index in [1.807, 2.05) is 143 Å². The Kier molecular flexibility index (Phi) is 5.56. The first-order valence-corrected chi connectivity index (χ1v) is 11.7. The molecule has 5 nitrogen and oxygen atoms in total. The lowest BCUT2D eigenvalue weighted by Crippen LogP contribution is -2.06. The van der Waals surface area contributed by atoms with Crippen LogP contribution in [-0.2, 0) is 0 Å². The predicted octanol–water partition coefficient (Wildman–Crippen LogP) is 6.62. The number of aromatic nitrogens is 4. The van der Waals surface area contributed by atoms with Crippen LogP contribution in [0.2, 0.25) is 0 Å². The van der Waals surface area contributed by atoms with Crippen LogP contribution in [-0.4, -0.2) is 25.3 Å². The van der Waals surface area contributed by atoms with Crippen LogP contribution >= 0.6 is 0 Å². The highest BCUT2D eigenvalue weighted by atomic mass is 16.1. The molecule has 5 heteroatoms. The van der Waals surface area contributed by atoms with E-state index in [1.165, 1.54) is 0 Å². The van der Waals surface area contributed by atoms with Gasteiger partial charge in [-0.25, -0.2) is 9.36 Å². The second kappa shape index (κ2) is 9.31. The van der Waals surface area contributed by atoms with Crippen LogP contribution in [0.1, 0.15) is 16.2 Å². The SMILES string of the molecule is O=C(c1cc(-c2ccccc2)n(-c2ccccc2)n1)c1cc(-c2ccccc2)n(-c2ccccc2)n1. The van der Waals surface area contributed by atoms with Gasteiger partial charge in [-0.1, -0.05) is 97.1 Å². The molecule has 0 fully saturated rings. The summed E-state index contributed by atoms with van der Waals surface area (Å²) in [6.45, 7) is 0. The lowest BCUT2D eigenvalue weighted by atomic mass is 10.1. The van der Waals surface area contributed by atoms with Gasteiger partial charge in [0.15, 0.2) is 0 Å². The van der Waals surface area contributed by atoms with E-state index in [0.717, 1.165) is 33.9 Å². The van der Waals surface area contributed by atoms with Crippen LogP contribution < -0.4 is 0 Å². The van der Waals surface area contributed by atoms with Gasteiger partial charge in [0.2, 0.25) is 5.78 Å². The maximum atomic E-state index is 13.8. The minimum atomic E-state index is -0.228. The van der Waals surface area contributed by atoms with E-state index in [1.54, 1.807) is 0 Å². The maximum Gasteiger partial charge on any atom is 0.233 e. The second-order valence-corrected chi connectivity index (χ2v) is 8.39. The first kappa shape index (κ1) is 21.5. The largest absolute Gasteiger partial charge is 0.285 e. The predicted molar refractivity (Wildman–Crippen MR) is 141 cm³/mol. The van der Waals surface area contributed by atoms with Crippen LogP contribution in [0, 0.1) is 0 Å². The van der Waals surface area contributed by atoms with Crippen molar-refractivity contribution in [2.24, 2.45) is 0 Å². The molecule has 0 N–H and O–H groups in total. The van der Waals surface area contributed by atoms with Gasteiger partial charge in [0.25, 0.3) is 0 Å². The van der Waals surface area contributed by atoms with Crippen molar-refractivity contribution in [3.63, 3.8) is 0 Å². The molecule has 2 heterocycles. The van der Waals surface area contributed by atoms with Gasteiger partial charge >= 0.3 is 0 Å². The first-order valence-electron chi connectivity index (χ1n) is 11.7. The number of hydrogen-bond acceptors (Lipinski definition) is 3. The fourth-order valence-corrected chi connectivity index (χ4v) is 4.28. The van der Waals surface area contributed by atoms with Gasteiger partial charge in [-0.05, 0) is 36.4 Å². The van der Waals surface area contributed by atoms with Crippen molar-refractivity contribution in [2.45, 2.75) is 0 Å². The molecule has 172 valence electrons. The average molecular weight is 467 g/mol. The van der Waals surface area contributed by atoms with E-state index in [4.69, 9.17) is 10.2 Å². The third-order valence-corrected chi connectivity index (χ3v) is 6.02. The minimum absolute atomic E-state index is 0.228. The lowest BCUT2D eigenvalue weighted by Gasteiger charge is -2.07. The van der Waals surface area contributed by atoms with E-state index in [2.05, 4.69) is 0 Å². The summed E-state index contributed by atoms with van der Waals surface area (Å²) in [6, 6.07) is 43.3. The summed E-state index contributed by atoms with van der Waals surface area (Å²) in [5, 5.41) is 9.47. The van der Waals surface area contributed by atoms with Crippen molar-refractivity contribution in [3.8, 4) is 33.9 Å². The molecule has 4 aromatic carbocycles. The molecule has 6 rings (SSSR count). The summed E-state index contributed by atoms with van der Waals surface area (Å²) in [7, 11) is 0. The summed E-state index contributed by atoms with van der Waals surface area (Å²) >= 11 is 0. The molecule has 0 unspecified atom stereocenters. The standard InChI is InChI=1S/C31H22N4O/c36-31(27-21-29(23-13-5-1-6-14-23)34(32-27)25-17-9-3-10-18-25)28-22-30(24-15-7-2-8-16-24)35(33-28)26-19-11-4-12-20-26/h1-22H. The van der Waals surface area contributed by atoms with Crippen molar-refractivity contribution in [1.29, 1.82) is 0 Å². The van der Waals surface area contributed by atoms with Gasteiger partial charge in [-0.3, -0.25) is 4.79 Å². The molecule has 2 aromatic heterocycles. The molecule has 0 amide bonds. The number of carbonyl (C=O) groups excluding carboxylic acids is 1. The Balaban J connectivity index is 1.48. The molecule has 0 saturated carbocycles. The summed E-state index contributed by atoms with van der Waals surface area (Å²) < 4.78 is 3.63. The van der Waals surface area contributed by atoms with E-state index in [9.17, 15) is 4.79 Å². The molecule has 0 spiro atoms. The lowest BCUT2D eigenvalue weighted by molar-refractivity contribution is 0.102. The van der Waals surface area contributed by atoms with Crippen LogP contribution in [0.25, 0.3) is 33.9 Å². The van der Waals surface area contributed by atoms with Crippen molar-refractivity contribution in [2.75, 3.05) is 0 Å². The highest BCUT2D eigenvalue weighted by Gasteiger charge is 2.22. The Bertz CT molecular complexity index is 1380. The van der Waals surface area contributed by atoms with Crippen molar-refractivity contribution in [3.05, 3.63) is 145 Å². The number of nitrogens with zero attached hydrogens (tertiary/aromatic N) is 4. The molecule has 0 saturated heterocycles. The van der Waals surface area contributed by atoms with Gasteiger partial charge in [-0.15, -0.1) is 0 Å². The number of para-hydroxylation sites is 2.